The average molecular weight is 322 g/mol. The van der Waals surface area contributed by atoms with Gasteiger partial charge in [0, 0.05) is 9.90 Å². The first-order valence-corrected chi connectivity index (χ1v) is 6.76. The van der Waals surface area contributed by atoms with E-state index >= 15 is 0 Å². The van der Waals surface area contributed by atoms with E-state index in [-0.39, 0.29) is 9.90 Å². The van der Waals surface area contributed by atoms with E-state index in [1.807, 2.05) is 0 Å². The molecule has 0 atom stereocenters. The highest BCUT2D eigenvalue weighted by atomic mass is 32.2. The van der Waals surface area contributed by atoms with E-state index < -0.39 is 30.9 Å². The van der Waals surface area contributed by atoms with Crippen LogP contribution >= 0.6 is 9.90 Å². The van der Waals surface area contributed by atoms with Crippen LogP contribution in [0, 0.1) is 0 Å². The average Bonchev–Trinajstić information content (AvgIpc) is 1.41. The quantitative estimate of drug-likeness (QED) is 0.197. The molecule has 16 heavy (non-hydrogen) atoms. The summed E-state index contributed by atoms with van der Waals surface area (Å²) in [6.07, 6.45) is 0. The van der Waals surface area contributed by atoms with E-state index in [1.165, 1.54) is 0 Å². The Hall–Kier alpha value is 0.0400. The molecule has 0 fully saturated rings. The van der Waals surface area contributed by atoms with E-state index in [2.05, 4.69) is 15.4 Å². The molecule has 0 rings (SSSR count). The van der Waals surface area contributed by atoms with Crippen LogP contribution in [0.5, 0.6) is 0 Å². The van der Waals surface area contributed by atoms with Crippen LogP contribution in [0.25, 0.3) is 0 Å². The third-order valence-corrected chi connectivity index (χ3v) is 0. The highest BCUT2D eigenvalue weighted by Crippen LogP contribution is 1.51. The molecule has 0 aromatic heterocycles. The van der Waals surface area contributed by atoms with Gasteiger partial charge >= 0.3 is 30.9 Å². The highest BCUT2D eigenvalue weighted by Gasteiger charge is 1.82. The van der Waals surface area contributed by atoms with Gasteiger partial charge in [-0.05, 0) is 0 Å². The fraction of sp³-hybridized carbons (Fsp3) is 0. The molecule has 0 amide bonds. The van der Waals surface area contributed by atoms with Crippen molar-refractivity contribution in [1.29, 1.82) is 0 Å². The van der Waals surface area contributed by atoms with Crippen LogP contribution in [-0.2, 0) is 30.9 Å². The molecule has 9 N–H and O–H groups in total. The number of hydrogen-bond donors (Lipinski definition) is 6. The molecular formula is H9N3O9PS3. The van der Waals surface area contributed by atoms with Crippen LogP contribution in [0.3, 0.4) is 0 Å². The molecule has 16 heteroatoms. The van der Waals surface area contributed by atoms with Crippen molar-refractivity contribution in [3.8, 4) is 0 Å². The zero-order valence-corrected chi connectivity index (χ0v) is 10.5. The monoisotopic (exact) mass is 322 g/mol. The maximum Gasteiger partial charge on any atom is 0.330 e. The molecule has 12 nitrogen and oxygen atoms in total. The largest absolute Gasteiger partial charge is 0.330 e. The van der Waals surface area contributed by atoms with Crippen molar-refractivity contribution >= 4 is 40.8 Å². The van der Waals surface area contributed by atoms with E-state index in [0.717, 1.165) is 0 Å². The Bertz CT molecular complexity index is 347. The molecule has 0 unspecified atom stereocenters. The lowest BCUT2D eigenvalue weighted by Crippen LogP contribution is -2.08. The first-order valence-electron chi connectivity index (χ1n) is 2.25. The fourth-order valence-electron chi connectivity index (χ4n) is 0. The molecule has 0 aliphatic rings. The molecule has 0 heterocycles. The Labute approximate surface area is 95.4 Å². The Morgan fingerprint density at radius 3 is 0.562 bits per heavy atom. The molecule has 0 saturated heterocycles. The second-order valence-corrected chi connectivity index (χ2v) is 4.63. The van der Waals surface area contributed by atoms with Crippen molar-refractivity contribution in [2.45, 2.75) is 0 Å². The van der Waals surface area contributed by atoms with Crippen LogP contribution in [0.1, 0.15) is 0 Å². The van der Waals surface area contributed by atoms with Gasteiger partial charge in [0.25, 0.3) is 0 Å². The van der Waals surface area contributed by atoms with E-state index in [0.29, 0.717) is 0 Å². The third-order valence-electron chi connectivity index (χ3n) is 0. The zero-order valence-electron chi connectivity index (χ0n) is 7.20. The number of rotatable bonds is 0. The van der Waals surface area contributed by atoms with Gasteiger partial charge in [-0.15, -0.1) is 0 Å². The highest BCUT2D eigenvalue weighted by molar-refractivity contribution is 7.83. The topological polar surface area (TPSA) is 241 Å². The summed E-state index contributed by atoms with van der Waals surface area (Å²) in [7, 11) is -12.5. The standard InChI is InChI=1S/3H3NO3S.P/c3*1-5(2,3)4;/h3*(H3,1,2,3,4);. The Morgan fingerprint density at radius 2 is 0.562 bits per heavy atom. The van der Waals surface area contributed by atoms with Gasteiger partial charge < -0.3 is 0 Å². The second-order valence-electron chi connectivity index (χ2n) is 1.54. The molecule has 0 aliphatic carbocycles. The minimum atomic E-state index is -4.17. The molecule has 0 aromatic rings. The van der Waals surface area contributed by atoms with Crippen molar-refractivity contribution in [2.75, 3.05) is 0 Å². The summed E-state index contributed by atoms with van der Waals surface area (Å²) in [6.45, 7) is 0. The number of nitrogens with two attached hydrogens (primary N) is 3. The molecule has 0 bridgehead atoms. The van der Waals surface area contributed by atoms with Crippen molar-refractivity contribution in [3.05, 3.63) is 0 Å². The van der Waals surface area contributed by atoms with Gasteiger partial charge in [0.15, 0.2) is 0 Å². The van der Waals surface area contributed by atoms with Gasteiger partial charge in [-0.25, -0.2) is 15.4 Å². The van der Waals surface area contributed by atoms with Crippen molar-refractivity contribution in [1.82, 2.24) is 0 Å². The van der Waals surface area contributed by atoms with Crippen molar-refractivity contribution in [3.63, 3.8) is 0 Å². The lowest BCUT2D eigenvalue weighted by molar-refractivity contribution is 0.482. The molecular weight excluding hydrogens is 313 g/mol. The Kier molecular flexibility index (Phi) is 14.3. The Balaban J connectivity index is -0.0000000655. The molecule has 3 radical (unpaired) electrons. The van der Waals surface area contributed by atoms with Gasteiger partial charge in [0.2, 0.25) is 0 Å². The van der Waals surface area contributed by atoms with Gasteiger partial charge in [-0.2, -0.15) is 25.3 Å². The van der Waals surface area contributed by atoms with Gasteiger partial charge in [-0.1, -0.05) is 0 Å². The van der Waals surface area contributed by atoms with Gasteiger partial charge in [0.1, 0.15) is 0 Å². The minimum absolute atomic E-state index is 0. The predicted molar refractivity (Wildman–Crippen MR) is 54.1 cm³/mol. The first-order chi connectivity index (χ1) is 6.00. The van der Waals surface area contributed by atoms with E-state index in [1.54, 1.807) is 0 Å². The van der Waals surface area contributed by atoms with Crippen LogP contribution < -0.4 is 15.4 Å². The molecule has 0 spiro atoms. The maximum atomic E-state index is 8.97. The fourth-order valence-corrected chi connectivity index (χ4v) is 0. The van der Waals surface area contributed by atoms with Gasteiger partial charge in [0.05, 0.1) is 0 Å². The van der Waals surface area contributed by atoms with Gasteiger partial charge in [-0.3, -0.25) is 13.7 Å². The summed E-state index contributed by atoms with van der Waals surface area (Å²) < 4.78 is 75.6. The molecule has 0 aromatic carbocycles. The predicted octanol–water partition coefficient (Wildman–Crippen LogP) is -2.90. The summed E-state index contributed by atoms with van der Waals surface area (Å²) >= 11 is 0. The number of hydrogen-bond acceptors (Lipinski definition) is 6. The Morgan fingerprint density at radius 1 is 0.562 bits per heavy atom. The first kappa shape index (κ1) is 25.0. The summed E-state index contributed by atoms with van der Waals surface area (Å²) in [5.41, 5.74) is 0. The lowest BCUT2D eigenvalue weighted by Gasteiger charge is -1.70. The molecule has 0 aliphatic heterocycles. The second kappa shape index (κ2) is 9.11. The zero-order chi connectivity index (χ0) is 13.5. The molecule has 101 valence electrons. The normalized spacial score (nSPS) is 10.9. The van der Waals surface area contributed by atoms with E-state index in [9.17, 15) is 0 Å². The third kappa shape index (κ3) is 1490000. The summed E-state index contributed by atoms with van der Waals surface area (Å²) in [6, 6.07) is 0. The summed E-state index contributed by atoms with van der Waals surface area (Å²) in [4.78, 5) is 0. The van der Waals surface area contributed by atoms with Crippen LogP contribution in [0.15, 0.2) is 0 Å². The van der Waals surface area contributed by atoms with Crippen LogP contribution in [0.4, 0.5) is 0 Å². The maximum absolute atomic E-state index is 8.97. The summed E-state index contributed by atoms with van der Waals surface area (Å²) in [5.74, 6) is 0. The summed E-state index contributed by atoms with van der Waals surface area (Å²) in [5, 5.41) is 11.6. The SMILES string of the molecule is NS(=O)(=O)O.NS(=O)(=O)O.NS(=O)(=O)O.[P]. The van der Waals surface area contributed by atoms with E-state index in [4.69, 9.17) is 38.9 Å². The molecule has 0 saturated carbocycles. The van der Waals surface area contributed by atoms with Crippen LogP contribution in [0.2, 0.25) is 0 Å². The smallest absolute Gasteiger partial charge is 0.274 e. The van der Waals surface area contributed by atoms with Crippen LogP contribution in [-0.4, -0.2) is 38.9 Å². The lowest BCUT2D eigenvalue weighted by atomic mass is 13.9. The van der Waals surface area contributed by atoms with Crippen molar-refractivity contribution in [2.24, 2.45) is 15.4 Å². The van der Waals surface area contributed by atoms with Crippen molar-refractivity contribution < 1.29 is 38.9 Å². The minimum Gasteiger partial charge on any atom is -0.274 e.